The van der Waals surface area contributed by atoms with Gasteiger partial charge in [0.2, 0.25) is 5.91 Å². The summed E-state index contributed by atoms with van der Waals surface area (Å²) in [6.07, 6.45) is 3.16. The van der Waals surface area contributed by atoms with E-state index in [4.69, 9.17) is 10.8 Å². The van der Waals surface area contributed by atoms with Crippen LogP contribution < -0.4 is 11.1 Å². The maximum atomic E-state index is 12.0. The van der Waals surface area contributed by atoms with E-state index in [-0.39, 0.29) is 24.4 Å². The first-order chi connectivity index (χ1) is 9.43. The Bertz CT molecular complexity index is 412. The number of hydrogen-bond donors (Lipinski definition) is 3. The number of carboxylic acids is 1. The van der Waals surface area contributed by atoms with E-state index in [1.807, 2.05) is 0 Å². The molecule has 0 aromatic carbocycles. The second-order valence-electron chi connectivity index (χ2n) is 5.85. The molecule has 0 atom stereocenters. The van der Waals surface area contributed by atoms with Gasteiger partial charge in [0, 0.05) is 26.1 Å². The first kappa shape index (κ1) is 14.6. The summed E-state index contributed by atoms with van der Waals surface area (Å²) in [5.41, 5.74) is 4.42. The van der Waals surface area contributed by atoms with E-state index in [2.05, 4.69) is 5.32 Å². The summed E-state index contributed by atoms with van der Waals surface area (Å²) in [7, 11) is 0. The van der Waals surface area contributed by atoms with Crippen LogP contribution in [-0.2, 0) is 9.59 Å². The van der Waals surface area contributed by atoms with Crippen LogP contribution in [0, 0.1) is 11.3 Å². The molecule has 0 spiro atoms. The number of carbonyl (C=O) groups is 3. The summed E-state index contributed by atoms with van der Waals surface area (Å²) in [5, 5.41) is 11.7. The molecule has 7 heteroatoms. The van der Waals surface area contributed by atoms with Crippen molar-refractivity contribution in [3.05, 3.63) is 0 Å². The third-order valence-corrected chi connectivity index (χ3v) is 4.28. The van der Waals surface area contributed by atoms with E-state index < -0.39 is 11.4 Å². The number of nitrogens with zero attached hydrogens (tertiary/aromatic N) is 1. The minimum absolute atomic E-state index is 0.197. The Morgan fingerprint density at radius 3 is 2.30 bits per heavy atom. The predicted octanol–water partition coefficient (Wildman–Crippen LogP) is 0.148. The van der Waals surface area contributed by atoms with Gasteiger partial charge in [0.25, 0.3) is 0 Å². The van der Waals surface area contributed by atoms with E-state index in [0.717, 1.165) is 12.8 Å². The van der Waals surface area contributed by atoms with Gasteiger partial charge >= 0.3 is 12.0 Å². The fourth-order valence-electron chi connectivity index (χ4n) is 2.60. The molecule has 0 aromatic rings. The Labute approximate surface area is 117 Å². The molecule has 3 amide bonds. The fourth-order valence-corrected chi connectivity index (χ4v) is 2.60. The highest BCUT2D eigenvalue weighted by molar-refractivity contribution is 5.80. The Morgan fingerprint density at radius 2 is 1.85 bits per heavy atom. The van der Waals surface area contributed by atoms with E-state index in [1.165, 1.54) is 0 Å². The number of likely N-dealkylation sites (tertiary alicyclic amines) is 1. The van der Waals surface area contributed by atoms with Gasteiger partial charge in [0.05, 0.1) is 5.41 Å². The zero-order valence-corrected chi connectivity index (χ0v) is 11.4. The highest BCUT2D eigenvalue weighted by atomic mass is 16.4. The van der Waals surface area contributed by atoms with Gasteiger partial charge in [0.1, 0.15) is 0 Å². The van der Waals surface area contributed by atoms with Crippen molar-refractivity contribution >= 4 is 17.9 Å². The van der Waals surface area contributed by atoms with Crippen molar-refractivity contribution in [3.8, 4) is 0 Å². The van der Waals surface area contributed by atoms with Crippen LogP contribution in [0.2, 0.25) is 0 Å². The maximum Gasteiger partial charge on any atom is 0.317 e. The van der Waals surface area contributed by atoms with Crippen LogP contribution in [-0.4, -0.2) is 47.5 Å². The van der Waals surface area contributed by atoms with Crippen LogP contribution in [0.5, 0.6) is 0 Å². The molecule has 4 N–H and O–H groups in total. The summed E-state index contributed by atoms with van der Waals surface area (Å²) in [4.78, 5) is 35.5. The molecule has 1 aliphatic carbocycles. The van der Waals surface area contributed by atoms with Crippen molar-refractivity contribution in [2.45, 2.75) is 32.1 Å². The largest absolute Gasteiger partial charge is 0.481 e. The number of nitrogens with one attached hydrogen (secondary N) is 1. The molecule has 0 radical (unpaired) electrons. The Morgan fingerprint density at radius 1 is 1.25 bits per heavy atom. The molecule has 7 nitrogen and oxygen atoms in total. The maximum absolute atomic E-state index is 12.0. The van der Waals surface area contributed by atoms with Gasteiger partial charge in [-0.2, -0.15) is 0 Å². The molecule has 112 valence electrons. The monoisotopic (exact) mass is 283 g/mol. The summed E-state index contributed by atoms with van der Waals surface area (Å²) in [5.74, 6) is -0.881. The molecule has 1 heterocycles. The first-order valence-electron chi connectivity index (χ1n) is 6.97. The molecule has 0 unspecified atom stereocenters. The minimum atomic E-state index is -0.835. The third kappa shape index (κ3) is 3.40. The van der Waals surface area contributed by atoms with Crippen LogP contribution in [0.15, 0.2) is 0 Å². The molecule has 20 heavy (non-hydrogen) atoms. The summed E-state index contributed by atoms with van der Waals surface area (Å²) < 4.78 is 0. The van der Waals surface area contributed by atoms with Crippen LogP contribution in [0.4, 0.5) is 4.79 Å². The third-order valence-electron chi connectivity index (χ3n) is 4.28. The summed E-state index contributed by atoms with van der Waals surface area (Å²) in [6.45, 7) is 1.37. The molecule has 1 aliphatic heterocycles. The normalized spacial score (nSPS) is 21.3. The van der Waals surface area contributed by atoms with Crippen molar-refractivity contribution in [2.75, 3.05) is 19.6 Å². The lowest BCUT2D eigenvalue weighted by Crippen LogP contribution is -2.47. The van der Waals surface area contributed by atoms with Gasteiger partial charge in [0.15, 0.2) is 0 Å². The van der Waals surface area contributed by atoms with E-state index in [9.17, 15) is 14.4 Å². The fraction of sp³-hybridized carbons (Fsp3) is 0.769. The van der Waals surface area contributed by atoms with Crippen LogP contribution in [0.3, 0.4) is 0 Å². The van der Waals surface area contributed by atoms with Gasteiger partial charge in [-0.15, -0.1) is 0 Å². The molecule has 0 aromatic heterocycles. The lowest BCUT2D eigenvalue weighted by molar-refractivity contribution is -0.143. The lowest BCUT2D eigenvalue weighted by Gasteiger charge is -2.31. The van der Waals surface area contributed by atoms with Crippen LogP contribution >= 0.6 is 0 Å². The number of amides is 3. The predicted molar refractivity (Wildman–Crippen MR) is 70.8 cm³/mol. The number of carboxylic acid groups (broad SMARTS) is 1. The van der Waals surface area contributed by atoms with Gasteiger partial charge in [-0.05, 0) is 31.6 Å². The van der Waals surface area contributed by atoms with E-state index >= 15 is 0 Å². The number of aliphatic carboxylic acids is 1. The summed E-state index contributed by atoms with van der Waals surface area (Å²) in [6, 6.07) is -0.213. The average Bonchev–Trinajstić information content (AvgIpc) is 3.17. The molecular weight excluding hydrogens is 262 g/mol. The standard InChI is InChI=1S/C13H21N3O4/c14-10(17)7-9-1-5-16(6-2-9)12(20)15-8-13(3-4-13)11(18)19/h9H,1-8H2,(H2,14,17)(H,15,20)(H,18,19). The number of rotatable bonds is 5. The minimum Gasteiger partial charge on any atom is -0.481 e. The highest BCUT2D eigenvalue weighted by Gasteiger charge is 2.50. The van der Waals surface area contributed by atoms with Crippen molar-refractivity contribution in [2.24, 2.45) is 17.1 Å². The van der Waals surface area contributed by atoms with Gasteiger partial charge in [-0.3, -0.25) is 9.59 Å². The average molecular weight is 283 g/mol. The van der Waals surface area contributed by atoms with Crippen molar-refractivity contribution in [1.29, 1.82) is 0 Å². The number of carbonyl (C=O) groups excluding carboxylic acids is 2. The van der Waals surface area contributed by atoms with Crippen LogP contribution in [0.1, 0.15) is 32.1 Å². The molecule has 2 aliphatic rings. The number of nitrogens with two attached hydrogens (primary N) is 1. The first-order valence-corrected chi connectivity index (χ1v) is 6.97. The zero-order chi connectivity index (χ0) is 14.8. The number of hydrogen-bond acceptors (Lipinski definition) is 3. The second-order valence-corrected chi connectivity index (χ2v) is 5.85. The molecule has 1 saturated carbocycles. The van der Waals surface area contributed by atoms with E-state index in [1.54, 1.807) is 4.90 Å². The molecule has 2 rings (SSSR count). The van der Waals surface area contributed by atoms with Crippen molar-refractivity contribution in [1.82, 2.24) is 10.2 Å². The summed E-state index contributed by atoms with van der Waals surface area (Å²) >= 11 is 0. The van der Waals surface area contributed by atoms with Crippen molar-refractivity contribution < 1.29 is 19.5 Å². The van der Waals surface area contributed by atoms with Gasteiger partial charge in [-0.1, -0.05) is 0 Å². The van der Waals surface area contributed by atoms with Gasteiger partial charge < -0.3 is 21.1 Å². The SMILES string of the molecule is NC(=O)CC1CCN(C(=O)NCC2(C(=O)O)CC2)CC1. The van der Waals surface area contributed by atoms with Crippen LogP contribution in [0.25, 0.3) is 0 Å². The zero-order valence-electron chi connectivity index (χ0n) is 11.4. The highest BCUT2D eigenvalue weighted by Crippen LogP contribution is 2.45. The molecule has 1 saturated heterocycles. The lowest BCUT2D eigenvalue weighted by atomic mass is 9.93. The number of piperidine rings is 1. The van der Waals surface area contributed by atoms with E-state index in [0.29, 0.717) is 32.4 Å². The Balaban J connectivity index is 1.72. The molecule has 0 bridgehead atoms. The Hall–Kier alpha value is -1.79. The number of urea groups is 1. The second kappa shape index (κ2) is 5.68. The molecule has 2 fully saturated rings. The smallest absolute Gasteiger partial charge is 0.317 e. The molecular formula is C13H21N3O4. The van der Waals surface area contributed by atoms with Gasteiger partial charge in [-0.25, -0.2) is 4.79 Å². The quantitative estimate of drug-likeness (QED) is 0.666. The Kier molecular flexibility index (Phi) is 4.15. The number of primary amides is 1. The van der Waals surface area contributed by atoms with Crippen molar-refractivity contribution in [3.63, 3.8) is 0 Å². The topological polar surface area (TPSA) is 113 Å².